The van der Waals surface area contributed by atoms with Crippen molar-refractivity contribution < 1.29 is 31.2 Å². The van der Waals surface area contributed by atoms with Crippen LogP contribution in [0.5, 0.6) is 0 Å². The summed E-state index contributed by atoms with van der Waals surface area (Å²) in [4.78, 5) is 12.5. The van der Waals surface area contributed by atoms with Crippen LogP contribution in [0.2, 0.25) is 0 Å². The lowest BCUT2D eigenvalue weighted by Gasteiger charge is -2.23. The fourth-order valence-electron chi connectivity index (χ4n) is 3.22. The van der Waals surface area contributed by atoms with E-state index in [2.05, 4.69) is 5.32 Å². The predicted molar refractivity (Wildman–Crippen MR) is 110 cm³/mol. The van der Waals surface area contributed by atoms with Gasteiger partial charge in [0, 0.05) is 18.0 Å². The summed E-state index contributed by atoms with van der Waals surface area (Å²) in [6.07, 6.45) is -2.56. The van der Waals surface area contributed by atoms with E-state index in [0.29, 0.717) is 5.57 Å². The van der Waals surface area contributed by atoms with Crippen LogP contribution in [0, 0.1) is 5.92 Å². The molecule has 0 saturated carbocycles. The predicted octanol–water partition coefficient (Wildman–Crippen LogP) is 6.86. The molecule has 2 unspecified atom stereocenters. The van der Waals surface area contributed by atoms with Gasteiger partial charge in [-0.25, -0.2) is 8.78 Å². The lowest BCUT2D eigenvalue weighted by Crippen LogP contribution is -2.35. The maximum atomic E-state index is 13.9. The number of carbonyl (C=O) groups is 1. The number of hydrogen-bond donors (Lipinski definition) is 1. The Hall–Kier alpha value is -2.64. The Kier molecular flexibility index (Phi) is 7.68. The molecule has 1 aromatic heterocycles. The third kappa shape index (κ3) is 5.95. The van der Waals surface area contributed by atoms with E-state index in [9.17, 15) is 26.7 Å². The van der Waals surface area contributed by atoms with E-state index < -0.39 is 35.7 Å². The summed E-state index contributed by atoms with van der Waals surface area (Å²) in [6.45, 7) is 7.67. The molecule has 8 heteroatoms. The van der Waals surface area contributed by atoms with Gasteiger partial charge >= 0.3 is 6.18 Å². The van der Waals surface area contributed by atoms with Crippen molar-refractivity contribution in [3.8, 4) is 0 Å². The zero-order chi connectivity index (χ0) is 23.5. The minimum atomic E-state index is -4.59. The van der Waals surface area contributed by atoms with Crippen molar-refractivity contribution in [2.45, 2.75) is 59.4 Å². The fourth-order valence-corrected chi connectivity index (χ4v) is 3.22. The minimum Gasteiger partial charge on any atom is -0.451 e. The Balaban J connectivity index is 2.26. The maximum Gasteiger partial charge on any atom is 0.416 e. The molecule has 3 nitrogen and oxygen atoms in total. The van der Waals surface area contributed by atoms with Crippen molar-refractivity contribution in [2.75, 3.05) is 0 Å². The lowest BCUT2D eigenvalue weighted by atomic mass is 9.92. The number of hydrogen-bond acceptors (Lipinski definition) is 2. The van der Waals surface area contributed by atoms with Gasteiger partial charge in [0.05, 0.1) is 5.57 Å². The molecule has 31 heavy (non-hydrogen) atoms. The summed E-state index contributed by atoms with van der Waals surface area (Å²) in [7, 11) is 0. The molecule has 0 spiro atoms. The molecular formula is C23H26F5NO2. The molecule has 0 aromatic carbocycles. The second-order valence-electron chi connectivity index (χ2n) is 7.81. The molecule has 1 N–H and O–H groups in total. The van der Waals surface area contributed by atoms with E-state index in [1.54, 1.807) is 20.8 Å². The Bertz CT molecular complexity index is 947. The number of carbonyl (C=O) groups excluding carboxylic acids is 1. The molecule has 1 aliphatic carbocycles. The van der Waals surface area contributed by atoms with Gasteiger partial charge in [-0.2, -0.15) is 13.2 Å². The van der Waals surface area contributed by atoms with E-state index in [-0.39, 0.29) is 35.0 Å². The molecule has 1 amide bonds. The first-order valence-electron chi connectivity index (χ1n) is 9.92. The van der Waals surface area contributed by atoms with Gasteiger partial charge in [-0.1, -0.05) is 26.0 Å². The first-order chi connectivity index (χ1) is 14.3. The maximum absolute atomic E-state index is 13.9. The first kappa shape index (κ1) is 24.6. The van der Waals surface area contributed by atoms with E-state index in [0.717, 1.165) is 6.08 Å². The smallest absolute Gasteiger partial charge is 0.416 e. The van der Waals surface area contributed by atoms with E-state index in [1.165, 1.54) is 38.1 Å². The summed E-state index contributed by atoms with van der Waals surface area (Å²) in [5, 5.41) is 2.58. The molecule has 0 saturated heterocycles. The third-order valence-corrected chi connectivity index (χ3v) is 4.96. The van der Waals surface area contributed by atoms with Crippen molar-refractivity contribution in [2.24, 2.45) is 5.92 Å². The van der Waals surface area contributed by atoms with Crippen LogP contribution in [0.1, 0.15) is 57.4 Å². The highest BCUT2D eigenvalue weighted by molar-refractivity contribution is 5.92. The lowest BCUT2D eigenvalue weighted by molar-refractivity contribution is -0.0873. The number of alkyl halides is 4. The summed E-state index contributed by atoms with van der Waals surface area (Å²) >= 11 is 0. The van der Waals surface area contributed by atoms with Crippen molar-refractivity contribution >= 4 is 11.5 Å². The summed E-state index contributed by atoms with van der Waals surface area (Å²) in [5.74, 6) is -1.87. The van der Waals surface area contributed by atoms with Crippen molar-refractivity contribution in [3.63, 3.8) is 0 Å². The molecule has 2 atom stereocenters. The van der Waals surface area contributed by atoms with Crippen molar-refractivity contribution in [1.82, 2.24) is 5.32 Å². The van der Waals surface area contributed by atoms with Gasteiger partial charge in [-0.15, -0.1) is 0 Å². The Morgan fingerprint density at radius 3 is 2.35 bits per heavy atom. The number of allylic oxidation sites excluding steroid dienone is 7. The van der Waals surface area contributed by atoms with Crippen LogP contribution >= 0.6 is 0 Å². The van der Waals surface area contributed by atoms with Gasteiger partial charge in [0.25, 0.3) is 5.91 Å². The third-order valence-electron chi connectivity index (χ3n) is 4.96. The molecule has 0 fully saturated rings. The molecule has 0 aliphatic heterocycles. The highest BCUT2D eigenvalue weighted by Crippen LogP contribution is 2.38. The zero-order valence-electron chi connectivity index (χ0n) is 18.0. The number of amides is 1. The molecule has 1 aliphatic rings. The summed E-state index contributed by atoms with van der Waals surface area (Å²) in [5.41, 5.74) is -0.652. The molecule has 1 aromatic rings. The van der Waals surface area contributed by atoms with E-state index in [4.69, 9.17) is 4.42 Å². The normalized spacial score (nSPS) is 19.6. The largest absolute Gasteiger partial charge is 0.451 e. The minimum absolute atomic E-state index is 0.00636. The topological polar surface area (TPSA) is 42.2 Å². The Morgan fingerprint density at radius 1 is 1.23 bits per heavy atom. The van der Waals surface area contributed by atoms with Gasteiger partial charge in [-0.05, 0) is 56.0 Å². The van der Waals surface area contributed by atoms with Gasteiger partial charge in [0.2, 0.25) is 0 Å². The molecule has 0 radical (unpaired) electrons. The highest BCUT2D eigenvalue weighted by Gasteiger charge is 2.37. The number of halogens is 5. The summed E-state index contributed by atoms with van der Waals surface area (Å²) in [6, 6.07) is 1.88. The van der Waals surface area contributed by atoms with Gasteiger partial charge in [-0.3, -0.25) is 4.79 Å². The molecule has 1 heterocycles. The SMILES string of the molecule is CC=C(C(=CC(C)C)c1ccc(C(=O)NC(C)C2=CC(F)=C(C)C(F)C2)o1)C(F)(F)F. The van der Waals surface area contributed by atoms with Crippen LogP contribution in [0.15, 0.2) is 57.3 Å². The van der Waals surface area contributed by atoms with Crippen LogP contribution < -0.4 is 5.32 Å². The second-order valence-corrected chi connectivity index (χ2v) is 7.81. The highest BCUT2D eigenvalue weighted by atomic mass is 19.4. The molecular weight excluding hydrogens is 417 g/mol. The monoisotopic (exact) mass is 443 g/mol. The first-order valence-corrected chi connectivity index (χ1v) is 9.92. The van der Waals surface area contributed by atoms with Gasteiger partial charge < -0.3 is 9.73 Å². The fraction of sp³-hybridized carbons (Fsp3) is 0.435. The van der Waals surface area contributed by atoms with Gasteiger partial charge in [0.15, 0.2) is 5.76 Å². The number of rotatable bonds is 6. The Morgan fingerprint density at radius 2 is 1.84 bits per heavy atom. The zero-order valence-corrected chi connectivity index (χ0v) is 18.0. The van der Waals surface area contributed by atoms with E-state index >= 15 is 0 Å². The number of nitrogens with one attached hydrogen (secondary N) is 1. The average molecular weight is 443 g/mol. The second kappa shape index (κ2) is 9.66. The Labute approximate surface area is 178 Å². The quantitative estimate of drug-likeness (QED) is 0.386. The van der Waals surface area contributed by atoms with E-state index in [1.807, 2.05) is 0 Å². The van der Waals surface area contributed by atoms with Crippen LogP contribution in [0.4, 0.5) is 22.0 Å². The molecule has 0 bridgehead atoms. The van der Waals surface area contributed by atoms with Crippen LogP contribution in [0.3, 0.4) is 0 Å². The van der Waals surface area contributed by atoms with Crippen LogP contribution in [-0.2, 0) is 0 Å². The van der Waals surface area contributed by atoms with Crippen LogP contribution in [0.25, 0.3) is 5.57 Å². The molecule has 170 valence electrons. The molecule has 2 rings (SSSR count). The van der Waals surface area contributed by atoms with Crippen molar-refractivity contribution in [3.05, 3.63) is 64.4 Å². The van der Waals surface area contributed by atoms with Crippen molar-refractivity contribution in [1.29, 1.82) is 0 Å². The number of furan rings is 1. The van der Waals surface area contributed by atoms with Gasteiger partial charge in [0.1, 0.15) is 17.8 Å². The van der Waals surface area contributed by atoms with Crippen LogP contribution in [-0.4, -0.2) is 24.3 Å². The average Bonchev–Trinajstić information content (AvgIpc) is 3.14. The standard InChI is InChI=1S/C23H26F5NO2/c1-6-17(23(26,27)28)16(9-12(2)3)20-7-8-21(31-20)22(30)29-14(5)15-10-18(24)13(4)19(25)11-15/h6-10,12,14,19H,11H2,1-5H3,(H,29,30). The summed E-state index contributed by atoms with van der Waals surface area (Å²) < 4.78 is 73.5.